The average molecular weight is 257 g/mol. The van der Waals surface area contributed by atoms with E-state index in [4.69, 9.17) is 50.0 Å². The minimum absolute atomic E-state index is 0.184. The first-order valence-corrected chi connectivity index (χ1v) is 4.71. The van der Waals surface area contributed by atoms with Crippen LogP contribution in [0.4, 0.5) is 5.69 Å². The number of ether oxygens (including phenoxy) is 2. The molecule has 14 heavy (non-hydrogen) atoms. The maximum absolute atomic E-state index is 5.92. The van der Waals surface area contributed by atoms with Gasteiger partial charge in [0, 0.05) is 0 Å². The Morgan fingerprint density at radius 1 is 0.857 bits per heavy atom. The topological polar surface area (TPSA) is 44.5 Å². The Morgan fingerprint density at radius 3 is 1.50 bits per heavy atom. The Balaban J connectivity index is 3.56. The van der Waals surface area contributed by atoms with Crippen molar-refractivity contribution in [1.29, 1.82) is 0 Å². The molecule has 0 saturated carbocycles. The highest BCUT2D eigenvalue weighted by Crippen LogP contribution is 2.48. The van der Waals surface area contributed by atoms with Crippen LogP contribution in [0.1, 0.15) is 0 Å². The molecule has 0 aliphatic carbocycles. The summed E-state index contributed by atoms with van der Waals surface area (Å²) in [7, 11) is 2.86. The molecule has 0 spiro atoms. The van der Waals surface area contributed by atoms with E-state index in [2.05, 4.69) is 0 Å². The van der Waals surface area contributed by atoms with Gasteiger partial charge in [0.05, 0.1) is 19.9 Å². The van der Waals surface area contributed by atoms with Crippen LogP contribution in [-0.2, 0) is 0 Å². The van der Waals surface area contributed by atoms with Crippen LogP contribution >= 0.6 is 34.8 Å². The lowest BCUT2D eigenvalue weighted by Gasteiger charge is -2.13. The molecule has 0 saturated heterocycles. The van der Waals surface area contributed by atoms with Gasteiger partial charge in [0.1, 0.15) is 15.1 Å². The largest absolute Gasteiger partial charge is 0.493 e. The molecule has 1 aromatic carbocycles. The molecule has 1 aromatic rings. The van der Waals surface area contributed by atoms with Gasteiger partial charge in [0.2, 0.25) is 0 Å². The lowest BCUT2D eigenvalue weighted by Crippen LogP contribution is -1.97. The van der Waals surface area contributed by atoms with Crippen molar-refractivity contribution < 1.29 is 9.47 Å². The monoisotopic (exact) mass is 255 g/mol. The molecule has 6 heteroatoms. The van der Waals surface area contributed by atoms with Crippen LogP contribution in [0.15, 0.2) is 0 Å². The minimum atomic E-state index is 0.184. The summed E-state index contributed by atoms with van der Waals surface area (Å²) in [5.41, 5.74) is 5.81. The van der Waals surface area contributed by atoms with Crippen LogP contribution in [-0.4, -0.2) is 14.2 Å². The van der Waals surface area contributed by atoms with E-state index in [0.717, 1.165) is 0 Å². The second-order valence-corrected chi connectivity index (χ2v) is 3.56. The summed E-state index contributed by atoms with van der Waals surface area (Å²) in [5.74, 6) is 0.513. The molecule has 0 atom stereocenters. The summed E-state index contributed by atoms with van der Waals surface area (Å²) in [6.45, 7) is 0. The molecule has 78 valence electrons. The molecule has 0 aliphatic heterocycles. The van der Waals surface area contributed by atoms with E-state index in [-0.39, 0.29) is 32.3 Å². The van der Waals surface area contributed by atoms with Gasteiger partial charge in [-0.1, -0.05) is 34.8 Å². The van der Waals surface area contributed by atoms with Crippen molar-refractivity contribution in [3.8, 4) is 11.5 Å². The standard InChI is InChI=1S/C8H8Cl3NO2/c1-13-7-3(9)6(12)4(10)8(14-2)5(7)11/h12H2,1-2H3. The van der Waals surface area contributed by atoms with E-state index in [0.29, 0.717) is 0 Å². The van der Waals surface area contributed by atoms with Gasteiger partial charge < -0.3 is 15.2 Å². The van der Waals surface area contributed by atoms with E-state index in [9.17, 15) is 0 Å². The summed E-state index contributed by atoms with van der Waals surface area (Å²) in [6.07, 6.45) is 0. The number of hydrogen-bond donors (Lipinski definition) is 1. The number of anilines is 1. The third-order valence-corrected chi connectivity index (χ3v) is 2.77. The molecule has 0 radical (unpaired) electrons. The van der Waals surface area contributed by atoms with Gasteiger partial charge in [-0.05, 0) is 0 Å². The quantitative estimate of drug-likeness (QED) is 0.826. The molecule has 2 N–H and O–H groups in total. The molecular formula is C8H8Cl3NO2. The van der Waals surface area contributed by atoms with Crippen molar-refractivity contribution in [2.45, 2.75) is 0 Å². The number of methoxy groups -OCH3 is 2. The van der Waals surface area contributed by atoms with Gasteiger partial charge in [-0.15, -0.1) is 0 Å². The number of halogens is 3. The predicted octanol–water partition coefficient (Wildman–Crippen LogP) is 3.25. The summed E-state index contributed by atoms with van der Waals surface area (Å²) in [6, 6.07) is 0. The molecule has 0 heterocycles. The normalized spacial score (nSPS) is 10.1. The fourth-order valence-electron chi connectivity index (χ4n) is 0.995. The summed E-state index contributed by atoms with van der Waals surface area (Å²) >= 11 is 17.6. The van der Waals surface area contributed by atoms with Gasteiger partial charge in [0.25, 0.3) is 0 Å². The zero-order valence-corrected chi connectivity index (χ0v) is 9.80. The van der Waals surface area contributed by atoms with Crippen molar-refractivity contribution in [1.82, 2.24) is 0 Å². The molecule has 0 aromatic heterocycles. The molecule has 0 fully saturated rings. The molecular weight excluding hydrogens is 248 g/mol. The van der Waals surface area contributed by atoms with Gasteiger partial charge in [-0.25, -0.2) is 0 Å². The first kappa shape index (κ1) is 11.6. The predicted molar refractivity (Wildman–Crippen MR) is 59.0 cm³/mol. The maximum atomic E-state index is 5.92. The van der Waals surface area contributed by atoms with Crippen LogP contribution < -0.4 is 15.2 Å². The van der Waals surface area contributed by atoms with Gasteiger partial charge in [0.15, 0.2) is 11.5 Å². The van der Waals surface area contributed by atoms with Crippen molar-refractivity contribution in [2.75, 3.05) is 20.0 Å². The molecule has 1 rings (SSSR count). The smallest absolute Gasteiger partial charge is 0.162 e. The molecule has 3 nitrogen and oxygen atoms in total. The Kier molecular flexibility index (Phi) is 3.59. The number of rotatable bonds is 2. The molecule has 0 unspecified atom stereocenters. The zero-order valence-electron chi connectivity index (χ0n) is 7.53. The minimum Gasteiger partial charge on any atom is -0.493 e. The maximum Gasteiger partial charge on any atom is 0.162 e. The summed E-state index contributed by atoms with van der Waals surface area (Å²) in [4.78, 5) is 0. The first-order chi connectivity index (χ1) is 6.54. The van der Waals surface area contributed by atoms with Crippen LogP contribution in [0, 0.1) is 0 Å². The van der Waals surface area contributed by atoms with E-state index in [1.807, 2.05) is 0 Å². The second-order valence-electron chi connectivity index (χ2n) is 2.42. The van der Waals surface area contributed by atoms with Crippen molar-refractivity contribution in [3.63, 3.8) is 0 Å². The van der Waals surface area contributed by atoms with E-state index >= 15 is 0 Å². The Labute approximate surface area is 96.6 Å². The first-order valence-electron chi connectivity index (χ1n) is 3.58. The van der Waals surface area contributed by atoms with Crippen molar-refractivity contribution in [3.05, 3.63) is 15.1 Å². The van der Waals surface area contributed by atoms with Crippen molar-refractivity contribution >= 4 is 40.5 Å². The number of nitrogen functional groups attached to an aromatic ring is 1. The highest BCUT2D eigenvalue weighted by Gasteiger charge is 2.20. The van der Waals surface area contributed by atoms with Crippen LogP contribution in [0.2, 0.25) is 15.1 Å². The lowest BCUT2D eigenvalue weighted by atomic mass is 10.2. The van der Waals surface area contributed by atoms with E-state index < -0.39 is 0 Å². The lowest BCUT2D eigenvalue weighted by molar-refractivity contribution is 0.395. The molecule has 0 amide bonds. The SMILES string of the molecule is COc1c(Cl)c(N)c(Cl)c(OC)c1Cl. The van der Waals surface area contributed by atoms with Crippen LogP contribution in [0.3, 0.4) is 0 Å². The number of nitrogens with two attached hydrogens (primary N) is 1. The zero-order chi connectivity index (χ0) is 10.9. The number of hydrogen-bond acceptors (Lipinski definition) is 3. The average Bonchev–Trinajstić information content (AvgIpc) is 2.16. The van der Waals surface area contributed by atoms with E-state index in [1.165, 1.54) is 14.2 Å². The fourth-order valence-corrected chi connectivity index (χ4v) is 2.02. The fraction of sp³-hybridized carbons (Fsp3) is 0.250. The van der Waals surface area contributed by atoms with Gasteiger partial charge in [-0.3, -0.25) is 0 Å². The van der Waals surface area contributed by atoms with Crippen molar-refractivity contribution in [2.24, 2.45) is 0 Å². The highest BCUT2D eigenvalue weighted by atomic mass is 35.5. The molecule has 0 aliphatic rings. The molecule has 0 bridgehead atoms. The van der Waals surface area contributed by atoms with Gasteiger partial charge >= 0.3 is 0 Å². The Morgan fingerprint density at radius 2 is 1.21 bits per heavy atom. The second kappa shape index (κ2) is 4.34. The Hall–Kier alpha value is -0.510. The summed E-state index contributed by atoms with van der Waals surface area (Å²) in [5, 5.41) is 0.575. The third kappa shape index (κ3) is 1.67. The Bertz CT molecular complexity index is 337. The summed E-state index contributed by atoms with van der Waals surface area (Å²) < 4.78 is 9.94. The van der Waals surface area contributed by atoms with Gasteiger partial charge in [-0.2, -0.15) is 0 Å². The highest BCUT2D eigenvalue weighted by molar-refractivity contribution is 6.45. The third-order valence-electron chi connectivity index (χ3n) is 1.68. The van der Waals surface area contributed by atoms with Crippen LogP contribution in [0.5, 0.6) is 11.5 Å². The van der Waals surface area contributed by atoms with E-state index in [1.54, 1.807) is 0 Å². The van der Waals surface area contributed by atoms with Crippen LogP contribution in [0.25, 0.3) is 0 Å². The number of benzene rings is 1.